The normalized spacial score (nSPS) is 18.5. The monoisotopic (exact) mass is 298 g/mol. The molecule has 0 radical (unpaired) electrons. The minimum atomic E-state index is 0.682. The van der Waals surface area contributed by atoms with Crippen LogP contribution in [0.25, 0.3) is 0 Å². The summed E-state index contributed by atoms with van der Waals surface area (Å²) in [6, 6.07) is 4.27. The van der Waals surface area contributed by atoms with Gasteiger partial charge in [-0.15, -0.1) is 5.10 Å². The van der Waals surface area contributed by atoms with Crippen molar-refractivity contribution in [1.82, 2.24) is 25.7 Å². The largest absolute Gasteiger partial charge is 0.354 e. The molecule has 0 amide bonds. The molecule has 0 unspecified atom stereocenters. The van der Waals surface area contributed by atoms with Gasteiger partial charge in [-0.1, -0.05) is 0 Å². The molecule has 1 aliphatic heterocycles. The first-order valence-corrected chi connectivity index (χ1v) is 8.08. The van der Waals surface area contributed by atoms with Gasteiger partial charge in [-0.3, -0.25) is 5.10 Å². The maximum absolute atomic E-state index is 4.37. The van der Waals surface area contributed by atoms with E-state index in [0.717, 1.165) is 43.4 Å². The van der Waals surface area contributed by atoms with Crippen LogP contribution in [0.5, 0.6) is 0 Å². The van der Waals surface area contributed by atoms with Crippen LogP contribution in [0.4, 0.5) is 5.82 Å². The van der Waals surface area contributed by atoms with Crippen molar-refractivity contribution in [3.63, 3.8) is 0 Å². The van der Waals surface area contributed by atoms with Gasteiger partial charge in [0.15, 0.2) is 5.82 Å². The van der Waals surface area contributed by atoms with E-state index in [2.05, 4.69) is 49.7 Å². The predicted molar refractivity (Wildman–Crippen MR) is 84.7 cm³/mol. The maximum atomic E-state index is 4.37. The van der Waals surface area contributed by atoms with E-state index in [0.29, 0.717) is 11.8 Å². The lowest BCUT2D eigenvalue weighted by atomic mass is 10.00. The smallest absolute Gasteiger partial charge is 0.151 e. The van der Waals surface area contributed by atoms with Crippen molar-refractivity contribution < 1.29 is 0 Å². The fourth-order valence-electron chi connectivity index (χ4n) is 2.95. The van der Waals surface area contributed by atoms with E-state index in [1.54, 1.807) is 0 Å². The molecule has 2 fully saturated rings. The number of rotatable bonds is 6. The zero-order chi connectivity index (χ0) is 14.9. The number of H-pyrrole nitrogens is 1. The van der Waals surface area contributed by atoms with Gasteiger partial charge >= 0.3 is 0 Å². The van der Waals surface area contributed by atoms with E-state index >= 15 is 0 Å². The Morgan fingerprint density at radius 1 is 1.27 bits per heavy atom. The van der Waals surface area contributed by atoms with Crippen LogP contribution in [0.2, 0.25) is 0 Å². The lowest BCUT2D eigenvalue weighted by molar-refractivity contribution is 0.381. The van der Waals surface area contributed by atoms with Gasteiger partial charge in [-0.05, 0) is 31.9 Å². The van der Waals surface area contributed by atoms with Gasteiger partial charge in [0, 0.05) is 49.3 Å². The molecule has 0 atom stereocenters. The average Bonchev–Trinajstić information content (AvgIpc) is 3.26. The molecule has 1 saturated heterocycles. The summed E-state index contributed by atoms with van der Waals surface area (Å²) in [6.07, 6.45) is 4.45. The van der Waals surface area contributed by atoms with Crippen molar-refractivity contribution in [2.24, 2.45) is 5.92 Å². The Bertz CT molecular complexity index is 624. The molecule has 116 valence electrons. The molecule has 2 aromatic heterocycles. The second kappa shape index (κ2) is 5.68. The van der Waals surface area contributed by atoms with Gasteiger partial charge in [-0.2, -0.15) is 10.2 Å². The number of nitrogens with one attached hydrogen (secondary N) is 2. The summed E-state index contributed by atoms with van der Waals surface area (Å²) in [6.45, 7) is 6.10. The Kier molecular flexibility index (Phi) is 3.54. The van der Waals surface area contributed by atoms with E-state index in [4.69, 9.17) is 0 Å². The highest BCUT2D eigenvalue weighted by atomic mass is 15.3. The first kappa shape index (κ1) is 13.7. The highest BCUT2D eigenvalue weighted by Crippen LogP contribution is 2.38. The third kappa shape index (κ3) is 2.83. The number of nitrogens with zero attached hydrogens (tertiary/aromatic N) is 4. The second-order valence-corrected chi connectivity index (χ2v) is 6.51. The van der Waals surface area contributed by atoms with Crippen LogP contribution in [-0.2, 0) is 6.54 Å². The SMILES string of the molecule is Cc1[nH]ncc1CNCC1CN(c2ccc(C3CC3)nn2)C1. The van der Waals surface area contributed by atoms with E-state index in [1.165, 1.54) is 18.4 Å². The van der Waals surface area contributed by atoms with Gasteiger partial charge in [-0.25, -0.2) is 0 Å². The number of aryl methyl sites for hydroxylation is 1. The summed E-state index contributed by atoms with van der Waals surface area (Å²) >= 11 is 0. The van der Waals surface area contributed by atoms with Crippen LogP contribution in [0, 0.1) is 12.8 Å². The number of hydrogen-bond donors (Lipinski definition) is 2. The fraction of sp³-hybridized carbons (Fsp3) is 0.562. The third-order valence-electron chi connectivity index (χ3n) is 4.63. The summed E-state index contributed by atoms with van der Waals surface area (Å²) in [5.41, 5.74) is 3.56. The molecule has 0 bridgehead atoms. The Hall–Kier alpha value is -1.95. The second-order valence-electron chi connectivity index (χ2n) is 6.51. The standard InChI is InChI=1S/C16H22N6/c1-11-14(8-18-19-11)7-17-6-12-9-22(10-12)16-5-4-15(20-21-16)13-2-3-13/h4-5,8,12-13,17H,2-3,6-7,9-10H2,1H3,(H,18,19). The van der Waals surface area contributed by atoms with Crippen LogP contribution in [0.1, 0.15) is 35.7 Å². The fourth-order valence-corrected chi connectivity index (χ4v) is 2.95. The zero-order valence-electron chi connectivity index (χ0n) is 12.9. The molecular formula is C16H22N6. The summed E-state index contributed by atoms with van der Waals surface area (Å²) in [4.78, 5) is 2.30. The highest BCUT2D eigenvalue weighted by Gasteiger charge is 2.29. The van der Waals surface area contributed by atoms with Crippen LogP contribution in [-0.4, -0.2) is 40.0 Å². The lowest BCUT2D eigenvalue weighted by Crippen LogP contribution is -2.51. The molecule has 6 nitrogen and oxygen atoms in total. The molecule has 1 aliphatic carbocycles. The molecule has 2 aliphatic rings. The molecule has 0 spiro atoms. The minimum absolute atomic E-state index is 0.682. The summed E-state index contributed by atoms with van der Waals surface area (Å²) < 4.78 is 0. The Labute approximate surface area is 130 Å². The van der Waals surface area contributed by atoms with E-state index in [1.807, 2.05) is 6.20 Å². The van der Waals surface area contributed by atoms with Crippen molar-refractivity contribution >= 4 is 5.82 Å². The van der Waals surface area contributed by atoms with Crippen molar-refractivity contribution in [3.05, 3.63) is 35.3 Å². The Morgan fingerprint density at radius 3 is 2.77 bits per heavy atom. The van der Waals surface area contributed by atoms with Gasteiger partial charge < -0.3 is 10.2 Å². The number of aromatic nitrogens is 4. The zero-order valence-corrected chi connectivity index (χ0v) is 12.9. The number of anilines is 1. The Balaban J connectivity index is 1.21. The Morgan fingerprint density at radius 2 is 2.14 bits per heavy atom. The summed E-state index contributed by atoms with van der Waals surface area (Å²) in [5, 5.41) is 19.2. The van der Waals surface area contributed by atoms with Gasteiger partial charge in [0.25, 0.3) is 0 Å². The molecular weight excluding hydrogens is 276 g/mol. The summed E-state index contributed by atoms with van der Waals surface area (Å²) in [5.74, 6) is 2.39. The molecule has 0 aromatic carbocycles. The van der Waals surface area contributed by atoms with E-state index in [-0.39, 0.29) is 0 Å². The van der Waals surface area contributed by atoms with Gasteiger partial charge in [0.05, 0.1) is 11.9 Å². The molecule has 3 heterocycles. The molecule has 6 heteroatoms. The van der Waals surface area contributed by atoms with Crippen LogP contribution in [0.15, 0.2) is 18.3 Å². The lowest BCUT2D eigenvalue weighted by Gasteiger charge is -2.40. The number of hydrogen-bond acceptors (Lipinski definition) is 5. The highest BCUT2D eigenvalue weighted by molar-refractivity contribution is 5.41. The van der Waals surface area contributed by atoms with Gasteiger partial charge in [0.1, 0.15) is 0 Å². The molecule has 4 rings (SSSR count). The minimum Gasteiger partial charge on any atom is -0.354 e. The first-order valence-electron chi connectivity index (χ1n) is 8.08. The molecule has 22 heavy (non-hydrogen) atoms. The topological polar surface area (TPSA) is 69.7 Å². The van der Waals surface area contributed by atoms with E-state index < -0.39 is 0 Å². The van der Waals surface area contributed by atoms with Crippen LogP contribution in [0.3, 0.4) is 0 Å². The molecule has 1 saturated carbocycles. The van der Waals surface area contributed by atoms with Crippen molar-refractivity contribution in [1.29, 1.82) is 0 Å². The quantitative estimate of drug-likeness (QED) is 0.848. The van der Waals surface area contributed by atoms with Crippen LogP contribution >= 0.6 is 0 Å². The molecule has 2 aromatic rings. The first-order chi connectivity index (χ1) is 10.8. The number of aromatic amines is 1. The van der Waals surface area contributed by atoms with Crippen LogP contribution < -0.4 is 10.2 Å². The average molecular weight is 298 g/mol. The van der Waals surface area contributed by atoms with E-state index in [9.17, 15) is 0 Å². The van der Waals surface area contributed by atoms with Crippen molar-refractivity contribution in [2.75, 3.05) is 24.5 Å². The third-order valence-corrected chi connectivity index (χ3v) is 4.63. The summed E-state index contributed by atoms with van der Waals surface area (Å²) in [7, 11) is 0. The van der Waals surface area contributed by atoms with Crippen molar-refractivity contribution in [2.45, 2.75) is 32.2 Å². The predicted octanol–water partition coefficient (Wildman–Crippen LogP) is 1.61. The molecule has 2 N–H and O–H groups in total. The van der Waals surface area contributed by atoms with Gasteiger partial charge in [0.2, 0.25) is 0 Å². The van der Waals surface area contributed by atoms with Crippen molar-refractivity contribution in [3.8, 4) is 0 Å². The maximum Gasteiger partial charge on any atom is 0.151 e.